The van der Waals surface area contributed by atoms with E-state index in [1.54, 1.807) is 6.21 Å². The van der Waals surface area contributed by atoms with E-state index < -0.39 is 0 Å². The summed E-state index contributed by atoms with van der Waals surface area (Å²) >= 11 is 3.70. The van der Waals surface area contributed by atoms with Gasteiger partial charge in [-0.2, -0.15) is 5.10 Å². The van der Waals surface area contributed by atoms with Crippen LogP contribution in [0.3, 0.4) is 0 Å². The molecule has 0 aromatic heterocycles. The molecule has 0 fully saturated rings. The Morgan fingerprint density at radius 3 is 2.55 bits per heavy atom. The molecule has 3 nitrogen and oxygen atoms in total. The van der Waals surface area contributed by atoms with Crippen molar-refractivity contribution in [3.05, 3.63) is 29.8 Å². The van der Waals surface area contributed by atoms with Crippen molar-refractivity contribution in [2.24, 2.45) is 5.10 Å². The molecule has 0 amide bonds. The molecule has 0 unspecified atom stereocenters. The van der Waals surface area contributed by atoms with Crippen LogP contribution < -0.4 is 10.6 Å². The number of nitrogens with zero attached hydrogens (tertiary/aromatic N) is 1. The molecule has 1 rings (SSSR count). The predicted octanol–water partition coefficient (Wildman–Crippen LogP) is 1.04. The molecular formula is C7H9N3S. The van der Waals surface area contributed by atoms with Crippen molar-refractivity contribution < 1.29 is 0 Å². The molecule has 0 radical (unpaired) electrons. The SMILES string of the molecule is Nc1ccc(C=NNS)cc1. The van der Waals surface area contributed by atoms with Crippen molar-refractivity contribution >= 4 is 24.7 Å². The van der Waals surface area contributed by atoms with E-state index in [1.165, 1.54) is 0 Å². The highest BCUT2D eigenvalue weighted by Gasteiger charge is 1.85. The second-order valence-electron chi connectivity index (χ2n) is 2.02. The van der Waals surface area contributed by atoms with Gasteiger partial charge in [0.1, 0.15) is 0 Å². The lowest BCUT2D eigenvalue weighted by atomic mass is 10.2. The van der Waals surface area contributed by atoms with Gasteiger partial charge in [0.2, 0.25) is 0 Å². The van der Waals surface area contributed by atoms with Crippen LogP contribution in [0.2, 0.25) is 0 Å². The van der Waals surface area contributed by atoms with Gasteiger partial charge in [-0.3, -0.25) is 4.83 Å². The summed E-state index contributed by atoms with van der Waals surface area (Å²) in [5, 5.41) is 3.72. The van der Waals surface area contributed by atoms with Crippen LogP contribution in [0, 0.1) is 0 Å². The molecule has 1 aromatic rings. The van der Waals surface area contributed by atoms with Crippen LogP contribution in [0.4, 0.5) is 5.69 Å². The van der Waals surface area contributed by atoms with Gasteiger partial charge in [0.15, 0.2) is 0 Å². The Kier molecular flexibility index (Phi) is 2.80. The Bertz CT molecular complexity index is 242. The lowest BCUT2D eigenvalue weighted by Crippen LogP contribution is -1.89. The number of hydrazone groups is 1. The van der Waals surface area contributed by atoms with Crippen molar-refractivity contribution in [1.29, 1.82) is 0 Å². The summed E-state index contributed by atoms with van der Waals surface area (Å²) in [4.78, 5) is 2.36. The highest BCUT2D eigenvalue weighted by Crippen LogP contribution is 2.02. The molecule has 0 atom stereocenters. The third kappa shape index (κ3) is 2.51. The molecule has 58 valence electrons. The van der Waals surface area contributed by atoms with Crippen LogP contribution in [0.25, 0.3) is 0 Å². The summed E-state index contributed by atoms with van der Waals surface area (Å²) in [5.41, 5.74) is 7.22. The fraction of sp³-hybridized carbons (Fsp3) is 0. The number of benzene rings is 1. The third-order valence-corrected chi connectivity index (χ3v) is 1.32. The van der Waals surface area contributed by atoms with Crippen molar-refractivity contribution in [3.8, 4) is 0 Å². The Morgan fingerprint density at radius 1 is 1.36 bits per heavy atom. The van der Waals surface area contributed by atoms with E-state index in [9.17, 15) is 0 Å². The smallest absolute Gasteiger partial charge is 0.0550 e. The number of rotatable bonds is 2. The summed E-state index contributed by atoms with van der Waals surface area (Å²) in [6, 6.07) is 7.40. The lowest BCUT2D eigenvalue weighted by molar-refractivity contribution is 1.14. The summed E-state index contributed by atoms with van der Waals surface area (Å²) in [6.07, 6.45) is 1.66. The average molecular weight is 167 g/mol. The van der Waals surface area contributed by atoms with Crippen molar-refractivity contribution in [2.45, 2.75) is 0 Å². The fourth-order valence-electron chi connectivity index (χ4n) is 0.685. The largest absolute Gasteiger partial charge is 0.399 e. The van der Waals surface area contributed by atoms with Crippen molar-refractivity contribution in [1.82, 2.24) is 4.83 Å². The Balaban J connectivity index is 2.73. The Morgan fingerprint density at radius 2 is 2.00 bits per heavy atom. The first-order chi connectivity index (χ1) is 5.33. The minimum atomic E-state index is 0.751. The van der Waals surface area contributed by atoms with Gasteiger partial charge in [-0.15, -0.1) is 0 Å². The van der Waals surface area contributed by atoms with Gasteiger partial charge in [0.05, 0.1) is 6.21 Å². The van der Waals surface area contributed by atoms with E-state index in [2.05, 4.69) is 22.7 Å². The molecule has 11 heavy (non-hydrogen) atoms. The fourth-order valence-corrected chi connectivity index (χ4v) is 0.743. The molecule has 3 N–H and O–H groups in total. The second kappa shape index (κ2) is 3.88. The average Bonchev–Trinajstić information content (AvgIpc) is 2.04. The summed E-state index contributed by atoms with van der Waals surface area (Å²) < 4.78 is 0. The van der Waals surface area contributed by atoms with E-state index in [1.807, 2.05) is 24.3 Å². The minimum Gasteiger partial charge on any atom is -0.399 e. The molecule has 1 aromatic carbocycles. The quantitative estimate of drug-likeness (QED) is 0.267. The zero-order chi connectivity index (χ0) is 8.10. The number of thiol groups is 1. The standard InChI is InChI=1S/C7H9N3S/c8-7-3-1-6(2-4-7)5-9-10-11/h1-5,10-11H,8H2. The lowest BCUT2D eigenvalue weighted by Gasteiger charge is -1.92. The van der Waals surface area contributed by atoms with Gasteiger partial charge in [0, 0.05) is 5.69 Å². The minimum absolute atomic E-state index is 0.751. The first-order valence-electron chi connectivity index (χ1n) is 3.10. The van der Waals surface area contributed by atoms with Gasteiger partial charge in [-0.1, -0.05) is 24.9 Å². The normalized spacial score (nSPS) is 10.3. The van der Waals surface area contributed by atoms with Crippen LogP contribution in [-0.4, -0.2) is 6.21 Å². The maximum Gasteiger partial charge on any atom is 0.0550 e. The molecule has 0 saturated carbocycles. The van der Waals surface area contributed by atoms with E-state index in [0.717, 1.165) is 11.3 Å². The molecule has 4 heteroatoms. The predicted molar refractivity (Wildman–Crippen MR) is 50.6 cm³/mol. The van der Waals surface area contributed by atoms with Crippen LogP contribution in [0.15, 0.2) is 29.4 Å². The molecule has 0 aliphatic rings. The first kappa shape index (κ1) is 7.94. The molecular weight excluding hydrogens is 158 g/mol. The highest BCUT2D eigenvalue weighted by molar-refractivity contribution is 7.78. The van der Waals surface area contributed by atoms with Gasteiger partial charge in [0.25, 0.3) is 0 Å². The van der Waals surface area contributed by atoms with Crippen molar-refractivity contribution in [2.75, 3.05) is 5.73 Å². The number of anilines is 1. The molecule has 0 spiro atoms. The molecule has 0 aliphatic carbocycles. The molecule has 0 saturated heterocycles. The summed E-state index contributed by atoms with van der Waals surface area (Å²) in [6.45, 7) is 0. The monoisotopic (exact) mass is 167 g/mol. The maximum atomic E-state index is 5.48. The van der Waals surface area contributed by atoms with Crippen molar-refractivity contribution in [3.63, 3.8) is 0 Å². The van der Waals surface area contributed by atoms with E-state index >= 15 is 0 Å². The first-order valence-corrected chi connectivity index (χ1v) is 3.55. The van der Waals surface area contributed by atoms with Crippen LogP contribution in [-0.2, 0) is 0 Å². The maximum absolute atomic E-state index is 5.48. The van der Waals surface area contributed by atoms with Gasteiger partial charge >= 0.3 is 0 Å². The topological polar surface area (TPSA) is 50.4 Å². The second-order valence-corrected chi connectivity index (χ2v) is 2.22. The zero-order valence-electron chi connectivity index (χ0n) is 5.86. The molecule has 0 heterocycles. The Labute approximate surface area is 70.8 Å². The number of hydrogen-bond donors (Lipinski definition) is 3. The summed E-state index contributed by atoms with van der Waals surface area (Å²) in [5.74, 6) is 0. The number of nitrogens with one attached hydrogen (secondary N) is 1. The molecule has 0 bridgehead atoms. The number of nitrogen functional groups attached to an aromatic ring is 1. The van der Waals surface area contributed by atoms with Gasteiger partial charge in [-0.05, 0) is 17.7 Å². The third-order valence-electron chi connectivity index (χ3n) is 1.21. The zero-order valence-corrected chi connectivity index (χ0v) is 6.75. The van der Waals surface area contributed by atoms with Gasteiger partial charge in [-0.25, -0.2) is 0 Å². The van der Waals surface area contributed by atoms with Crippen LogP contribution in [0.5, 0.6) is 0 Å². The van der Waals surface area contributed by atoms with Crippen LogP contribution >= 0.6 is 12.8 Å². The van der Waals surface area contributed by atoms with E-state index in [4.69, 9.17) is 5.73 Å². The highest BCUT2D eigenvalue weighted by atomic mass is 32.1. The Hall–Kier alpha value is -1.16. The summed E-state index contributed by atoms with van der Waals surface area (Å²) in [7, 11) is 0. The van der Waals surface area contributed by atoms with E-state index in [0.29, 0.717) is 0 Å². The van der Waals surface area contributed by atoms with Gasteiger partial charge < -0.3 is 5.73 Å². The van der Waals surface area contributed by atoms with E-state index in [-0.39, 0.29) is 0 Å². The molecule has 0 aliphatic heterocycles. The number of nitrogens with two attached hydrogens (primary N) is 1. The number of hydrogen-bond acceptors (Lipinski definition) is 4. The van der Waals surface area contributed by atoms with Crippen LogP contribution in [0.1, 0.15) is 5.56 Å².